The van der Waals surface area contributed by atoms with E-state index in [-0.39, 0.29) is 5.56 Å². The van der Waals surface area contributed by atoms with Gasteiger partial charge in [-0.25, -0.2) is 4.98 Å². The molecule has 1 aromatic carbocycles. The van der Waals surface area contributed by atoms with E-state index in [0.717, 1.165) is 11.5 Å². The number of pyridine rings is 1. The molecule has 0 atom stereocenters. The lowest BCUT2D eigenvalue weighted by molar-refractivity contribution is 0.355. The van der Waals surface area contributed by atoms with Crippen molar-refractivity contribution in [2.75, 3.05) is 27.3 Å². The van der Waals surface area contributed by atoms with E-state index in [4.69, 9.17) is 9.47 Å². The van der Waals surface area contributed by atoms with Gasteiger partial charge in [0.25, 0.3) is 5.56 Å². The van der Waals surface area contributed by atoms with E-state index in [1.807, 2.05) is 30.5 Å². The number of piperidine rings is 1. The number of methoxy groups -OCH3 is 2. The van der Waals surface area contributed by atoms with Crippen molar-refractivity contribution in [1.82, 2.24) is 14.7 Å². The molecule has 0 radical (unpaired) electrons. The summed E-state index contributed by atoms with van der Waals surface area (Å²) in [6.07, 6.45) is 7.08. The van der Waals surface area contributed by atoms with Crippen LogP contribution in [0.4, 0.5) is 0 Å². The molecule has 2 aromatic heterocycles. The smallest absolute Gasteiger partial charge is 0.258 e. The molecule has 3 heterocycles. The number of nitrogens with zero attached hydrogens (tertiary/aromatic N) is 2. The van der Waals surface area contributed by atoms with Gasteiger partial charge in [0, 0.05) is 17.8 Å². The van der Waals surface area contributed by atoms with E-state index >= 15 is 0 Å². The molecule has 0 spiro atoms. The first-order valence-corrected chi connectivity index (χ1v) is 11.1. The molecule has 1 aliphatic carbocycles. The average Bonchev–Trinajstić information content (AvgIpc) is 3.65. The molecular weight excluding hydrogens is 390 g/mol. The van der Waals surface area contributed by atoms with Crippen molar-refractivity contribution in [3.8, 4) is 22.8 Å². The lowest BCUT2D eigenvalue weighted by Crippen LogP contribution is -2.26. The van der Waals surface area contributed by atoms with E-state index in [2.05, 4.69) is 23.3 Å². The van der Waals surface area contributed by atoms with Crippen LogP contribution in [0.25, 0.3) is 16.9 Å². The van der Waals surface area contributed by atoms with E-state index in [9.17, 15) is 4.79 Å². The first-order chi connectivity index (χ1) is 15.1. The van der Waals surface area contributed by atoms with Crippen molar-refractivity contribution >= 4 is 5.65 Å². The van der Waals surface area contributed by atoms with Crippen LogP contribution in [0.2, 0.25) is 0 Å². The predicted molar refractivity (Wildman–Crippen MR) is 123 cm³/mol. The van der Waals surface area contributed by atoms with Crippen LogP contribution in [-0.2, 0) is 0 Å². The number of benzene rings is 1. The number of fused-ring (bicyclic) bond motifs is 1. The van der Waals surface area contributed by atoms with Crippen LogP contribution in [0.15, 0.2) is 47.4 Å². The highest BCUT2D eigenvalue weighted by molar-refractivity contribution is 5.65. The van der Waals surface area contributed by atoms with Gasteiger partial charge in [0.15, 0.2) is 11.5 Å². The third-order valence-electron chi connectivity index (χ3n) is 6.04. The predicted octanol–water partition coefficient (Wildman–Crippen LogP) is 4.26. The fourth-order valence-corrected chi connectivity index (χ4v) is 3.89. The third-order valence-corrected chi connectivity index (χ3v) is 6.04. The van der Waals surface area contributed by atoms with Crippen LogP contribution >= 0.6 is 0 Å². The summed E-state index contributed by atoms with van der Waals surface area (Å²) in [6.45, 7) is 4.79. The van der Waals surface area contributed by atoms with Crippen molar-refractivity contribution in [3.63, 3.8) is 0 Å². The normalized spacial score (nSPS) is 16.5. The first-order valence-electron chi connectivity index (χ1n) is 11.1. The summed E-state index contributed by atoms with van der Waals surface area (Å²) in [6, 6.07) is 11.1. The molecule has 1 saturated heterocycles. The summed E-state index contributed by atoms with van der Waals surface area (Å²) in [7, 11) is 3.18. The second kappa shape index (κ2) is 9.52. The van der Waals surface area contributed by atoms with Crippen molar-refractivity contribution in [2.24, 2.45) is 5.92 Å². The minimum Gasteiger partial charge on any atom is -0.493 e. The molecule has 1 saturated carbocycles. The second-order valence-corrected chi connectivity index (χ2v) is 8.45. The fourth-order valence-electron chi connectivity index (χ4n) is 3.89. The lowest BCUT2D eigenvalue weighted by atomic mass is 10.0. The van der Waals surface area contributed by atoms with Gasteiger partial charge in [0.2, 0.25) is 0 Å². The zero-order valence-electron chi connectivity index (χ0n) is 18.6. The minimum absolute atomic E-state index is 0.0766. The quantitative estimate of drug-likeness (QED) is 0.682. The van der Waals surface area contributed by atoms with Crippen molar-refractivity contribution in [1.29, 1.82) is 0 Å². The van der Waals surface area contributed by atoms with Gasteiger partial charge >= 0.3 is 0 Å². The molecule has 1 N–H and O–H groups in total. The summed E-state index contributed by atoms with van der Waals surface area (Å²) < 4.78 is 12.2. The number of ether oxygens (including phenoxy) is 2. The van der Waals surface area contributed by atoms with Gasteiger partial charge in [0.05, 0.1) is 19.9 Å². The summed E-state index contributed by atoms with van der Waals surface area (Å²) in [5.74, 6) is 2.84. The highest BCUT2D eigenvalue weighted by atomic mass is 16.5. The first kappa shape index (κ1) is 21.4. The van der Waals surface area contributed by atoms with Crippen LogP contribution in [0.1, 0.15) is 44.1 Å². The topological polar surface area (TPSA) is 64.9 Å². The molecule has 5 rings (SSSR count). The molecule has 1 aliphatic heterocycles. The van der Waals surface area contributed by atoms with E-state index in [1.165, 1.54) is 44.3 Å². The van der Waals surface area contributed by atoms with Gasteiger partial charge in [-0.05, 0) is 80.4 Å². The fraction of sp³-hybridized carbons (Fsp3) is 0.440. The number of hydrogen-bond donors (Lipinski definition) is 1. The highest BCUT2D eigenvalue weighted by Crippen LogP contribution is 2.39. The average molecular weight is 422 g/mol. The van der Waals surface area contributed by atoms with Crippen LogP contribution in [0.5, 0.6) is 11.5 Å². The Morgan fingerprint density at radius 2 is 1.71 bits per heavy atom. The van der Waals surface area contributed by atoms with Gasteiger partial charge in [0.1, 0.15) is 5.65 Å². The molecular formula is C25H31N3O3. The van der Waals surface area contributed by atoms with Crippen molar-refractivity contribution < 1.29 is 9.47 Å². The molecule has 3 aromatic rings. The Morgan fingerprint density at radius 1 is 0.968 bits per heavy atom. The zero-order chi connectivity index (χ0) is 21.8. The Morgan fingerprint density at radius 3 is 2.32 bits per heavy atom. The molecule has 6 nitrogen and oxygen atoms in total. The van der Waals surface area contributed by atoms with Crippen molar-refractivity contribution in [3.05, 3.63) is 58.5 Å². The maximum atomic E-state index is 12.5. The molecule has 31 heavy (non-hydrogen) atoms. The molecule has 0 bridgehead atoms. The zero-order valence-corrected chi connectivity index (χ0v) is 18.6. The molecule has 0 amide bonds. The third kappa shape index (κ3) is 5.07. The van der Waals surface area contributed by atoms with Gasteiger partial charge < -0.3 is 14.8 Å². The molecule has 2 fully saturated rings. The van der Waals surface area contributed by atoms with Gasteiger partial charge in [-0.2, -0.15) is 0 Å². The van der Waals surface area contributed by atoms with Gasteiger partial charge in [-0.15, -0.1) is 0 Å². The maximum Gasteiger partial charge on any atom is 0.258 e. The molecule has 164 valence electrons. The van der Waals surface area contributed by atoms with Crippen molar-refractivity contribution in [2.45, 2.75) is 38.5 Å². The van der Waals surface area contributed by atoms with Gasteiger partial charge in [-0.1, -0.05) is 13.0 Å². The second-order valence-electron chi connectivity index (χ2n) is 8.45. The van der Waals surface area contributed by atoms with Crippen LogP contribution in [0.3, 0.4) is 0 Å². The SMILES string of the molecule is CC1CCNCC1.COc1ccc(-c2cc(=O)n3cc(C4CC4)ccc3n2)cc1OC. The summed E-state index contributed by atoms with van der Waals surface area (Å²) in [5, 5.41) is 3.32. The van der Waals surface area contributed by atoms with E-state index in [0.29, 0.717) is 28.8 Å². The largest absolute Gasteiger partial charge is 0.493 e. The van der Waals surface area contributed by atoms with E-state index in [1.54, 1.807) is 24.7 Å². The van der Waals surface area contributed by atoms with Crippen LogP contribution in [0, 0.1) is 5.92 Å². The standard InChI is InChI=1S/C19H18N2O3.C6H13N/c1-23-16-7-5-13(9-17(16)24-2)15-10-19(22)21-11-14(12-3-4-12)6-8-18(21)20-15;1-6-2-4-7-5-3-6/h5-12H,3-4H2,1-2H3;6-7H,2-5H2,1H3. The van der Waals surface area contributed by atoms with Gasteiger partial charge in [-0.3, -0.25) is 9.20 Å². The highest BCUT2D eigenvalue weighted by Gasteiger charge is 2.24. The number of nitrogens with one attached hydrogen (secondary N) is 1. The Bertz CT molecular complexity index is 1100. The Hall–Kier alpha value is -2.86. The van der Waals surface area contributed by atoms with Crippen LogP contribution in [-0.4, -0.2) is 36.7 Å². The number of hydrogen-bond acceptors (Lipinski definition) is 5. The Labute approximate surface area is 183 Å². The lowest BCUT2D eigenvalue weighted by Gasteiger charge is -2.17. The number of rotatable bonds is 4. The summed E-state index contributed by atoms with van der Waals surface area (Å²) in [4.78, 5) is 17.1. The molecule has 6 heteroatoms. The molecule has 2 aliphatic rings. The Kier molecular flexibility index (Phi) is 6.56. The van der Waals surface area contributed by atoms with E-state index < -0.39 is 0 Å². The maximum absolute atomic E-state index is 12.5. The summed E-state index contributed by atoms with van der Waals surface area (Å²) >= 11 is 0. The minimum atomic E-state index is -0.0766. The monoisotopic (exact) mass is 421 g/mol. The Balaban J connectivity index is 0.000000282. The molecule has 0 unspecified atom stereocenters. The number of aromatic nitrogens is 2. The summed E-state index contributed by atoms with van der Waals surface area (Å²) in [5.41, 5.74) is 3.23. The van der Waals surface area contributed by atoms with Crippen LogP contribution < -0.4 is 20.3 Å².